The monoisotopic (exact) mass is 738 g/mol. The Hall–Kier alpha value is -6.33. The molecule has 2 amide bonds. The average molecular weight is 739 g/mol. The Morgan fingerprint density at radius 2 is 1.73 bits per heavy atom. The van der Waals surface area contributed by atoms with E-state index >= 15 is 0 Å². The van der Waals surface area contributed by atoms with Crippen molar-refractivity contribution in [1.82, 2.24) is 38.9 Å². The predicted octanol–water partition coefficient (Wildman–Crippen LogP) is 4.08. The van der Waals surface area contributed by atoms with Crippen molar-refractivity contribution in [3.8, 4) is 23.2 Å². The van der Waals surface area contributed by atoms with Gasteiger partial charge in [-0.1, -0.05) is 36.1 Å². The zero-order chi connectivity index (χ0) is 37.6. The largest absolute Gasteiger partial charge is 0.354 e. The summed E-state index contributed by atoms with van der Waals surface area (Å²) in [5.41, 5.74) is 4.95. The molecule has 2 aromatic carbocycles. The van der Waals surface area contributed by atoms with Gasteiger partial charge in [0, 0.05) is 46.2 Å². The van der Waals surface area contributed by atoms with Crippen LogP contribution in [0.3, 0.4) is 0 Å². The summed E-state index contributed by atoms with van der Waals surface area (Å²) in [6.07, 6.45) is 4.22. The molecular formula is C41H39FN10O3. The molecule has 0 saturated carbocycles. The number of rotatable bonds is 6. The lowest BCUT2D eigenvalue weighted by atomic mass is 10.0. The number of hydrogen-bond acceptors (Lipinski definition) is 9. The first kappa shape index (κ1) is 34.4. The van der Waals surface area contributed by atoms with Crippen LogP contribution in [0, 0.1) is 17.7 Å². The van der Waals surface area contributed by atoms with Gasteiger partial charge in [0.1, 0.15) is 29.2 Å². The van der Waals surface area contributed by atoms with Gasteiger partial charge in [-0.15, -0.1) is 5.10 Å². The maximum Gasteiger partial charge on any atom is 0.329 e. The average Bonchev–Trinajstić information content (AvgIpc) is 3.92. The standard InChI is InChI=1S/C41H39FN10O3/c1-47-39-27(7-3-12-32(39)51(41(47)55)33-15-18-38(53)45-40(33)54)9-5-19-48-21-23-49(24-22-48)36-14-4-11-30(44-36)34-26-43-35-16-17-37(46-52(34)35)50-20-6-13-31(50)28-8-2-10-29(42)25-28/h2-4,7-8,10-12,14,16-17,25-26,31,33H,6,13,15,18-24H2,1H3,(H,45,53,54). The third-order valence-corrected chi connectivity index (χ3v) is 11.0. The van der Waals surface area contributed by atoms with E-state index in [2.05, 4.69) is 36.8 Å². The fraction of sp³-hybridized carbons (Fsp3) is 0.317. The highest BCUT2D eigenvalue weighted by atomic mass is 19.1. The number of fused-ring (bicyclic) bond motifs is 2. The van der Waals surface area contributed by atoms with Crippen molar-refractivity contribution in [3.63, 3.8) is 0 Å². The van der Waals surface area contributed by atoms with E-state index in [1.807, 2.05) is 65.3 Å². The van der Waals surface area contributed by atoms with Crippen LogP contribution in [0.25, 0.3) is 28.1 Å². The van der Waals surface area contributed by atoms with Crippen LogP contribution in [0.1, 0.15) is 48.9 Å². The van der Waals surface area contributed by atoms with Gasteiger partial charge in [0.25, 0.3) is 0 Å². The number of halogens is 1. The molecule has 55 heavy (non-hydrogen) atoms. The first-order valence-electron chi connectivity index (χ1n) is 18.7. The molecule has 1 N–H and O–H groups in total. The van der Waals surface area contributed by atoms with E-state index in [-0.39, 0.29) is 36.3 Å². The molecule has 2 unspecified atom stereocenters. The summed E-state index contributed by atoms with van der Waals surface area (Å²) in [5, 5.41) is 7.37. The summed E-state index contributed by atoms with van der Waals surface area (Å²) in [7, 11) is 1.68. The van der Waals surface area contributed by atoms with E-state index in [1.54, 1.807) is 19.2 Å². The van der Waals surface area contributed by atoms with Crippen molar-refractivity contribution in [2.24, 2.45) is 7.05 Å². The molecule has 0 aliphatic carbocycles. The number of piperidine rings is 1. The number of carbonyl (C=O) groups is 2. The van der Waals surface area contributed by atoms with Crippen LogP contribution < -0.4 is 20.8 Å². The number of hydrogen-bond donors (Lipinski definition) is 1. The quantitative estimate of drug-likeness (QED) is 0.199. The third-order valence-electron chi connectivity index (χ3n) is 11.0. The van der Waals surface area contributed by atoms with Gasteiger partial charge in [-0.25, -0.2) is 23.7 Å². The van der Waals surface area contributed by atoms with Crippen LogP contribution in [0.15, 0.2) is 83.8 Å². The summed E-state index contributed by atoms with van der Waals surface area (Å²) in [5.74, 6) is 7.28. The minimum atomic E-state index is -0.741. The lowest BCUT2D eigenvalue weighted by molar-refractivity contribution is -0.135. The van der Waals surface area contributed by atoms with Gasteiger partial charge in [-0.3, -0.25) is 28.9 Å². The van der Waals surface area contributed by atoms with Gasteiger partial charge in [-0.05, 0) is 73.4 Å². The van der Waals surface area contributed by atoms with Crippen molar-refractivity contribution < 1.29 is 14.0 Å². The van der Waals surface area contributed by atoms with Crippen LogP contribution in [0.4, 0.5) is 16.0 Å². The van der Waals surface area contributed by atoms with Crippen molar-refractivity contribution in [1.29, 1.82) is 0 Å². The van der Waals surface area contributed by atoms with Crippen LogP contribution in [0.2, 0.25) is 0 Å². The van der Waals surface area contributed by atoms with Gasteiger partial charge in [-0.2, -0.15) is 0 Å². The molecule has 6 aromatic rings. The molecule has 0 spiro atoms. The molecule has 14 heteroatoms. The van der Waals surface area contributed by atoms with E-state index in [9.17, 15) is 18.8 Å². The van der Waals surface area contributed by atoms with Crippen molar-refractivity contribution >= 4 is 40.1 Å². The lowest BCUT2D eigenvalue weighted by Crippen LogP contribution is -2.46. The lowest BCUT2D eigenvalue weighted by Gasteiger charge is -2.34. The Morgan fingerprint density at radius 1 is 0.891 bits per heavy atom. The number of aryl methyl sites for hydroxylation is 1. The molecule has 3 saturated heterocycles. The van der Waals surface area contributed by atoms with E-state index in [4.69, 9.17) is 10.1 Å². The minimum absolute atomic E-state index is 0.0583. The first-order valence-corrected chi connectivity index (χ1v) is 18.7. The first-order chi connectivity index (χ1) is 26.8. The molecule has 2 atom stereocenters. The number of imidazole rings is 2. The van der Waals surface area contributed by atoms with E-state index in [1.165, 1.54) is 15.2 Å². The molecule has 3 fully saturated rings. The molecule has 3 aliphatic rings. The number of aromatic nitrogens is 6. The summed E-state index contributed by atoms with van der Waals surface area (Å²) < 4.78 is 18.9. The highest BCUT2D eigenvalue weighted by Gasteiger charge is 2.32. The van der Waals surface area contributed by atoms with E-state index < -0.39 is 11.9 Å². The van der Waals surface area contributed by atoms with Crippen molar-refractivity contribution in [2.45, 2.75) is 37.8 Å². The Morgan fingerprint density at radius 3 is 2.56 bits per heavy atom. The number of para-hydroxylation sites is 1. The van der Waals surface area contributed by atoms with Crippen LogP contribution in [-0.4, -0.2) is 84.7 Å². The molecule has 0 bridgehead atoms. The van der Waals surface area contributed by atoms with Gasteiger partial charge >= 0.3 is 5.69 Å². The maximum atomic E-state index is 14.1. The Labute approximate surface area is 316 Å². The second-order valence-corrected chi connectivity index (χ2v) is 14.3. The van der Waals surface area contributed by atoms with Gasteiger partial charge in [0.05, 0.1) is 41.1 Å². The highest BCUT2D eigenvalue weighted by molar-refractivity contribution is 6.00. The number of nitrogens with zero attached hydrogens (tertiary/aromatic N) is 9. The molecule has 9 rings (SSSR count). The summed E-state index contributed by atoms with van der Waals surface area (Å²) in [6.45, 7) is 4.57. The second kappa shape index (κ2) is 14.1. The molecule has 3 aliphatic heterocycles. The van der Waals surface area contributed by atoms with Crippen LogP contribution >= 0.6 is 0 Å². The molecule has 0 radical (unpaired) electrons. The SMILES string of the molecule is Cn1c(=O)n(C2CCC(=O)NC2=O)c2cccc(C#CCN3CCN(c4cccc(-c5cnc6ccc(N7CCCC7c7cccc(F)c7)nn56)n4)CC3)c21. The third kappa shape index (κ3) is 6.40. The molecule has 7 heterocycles. The van der Waals surface area contributed by atoms with Crippen LogP contribution in [0.5, 0.6) is 0 Å². The molecular weight excluding hydrogens is 700 g/mol. The molecule has 4 aromatic heterocycles. The minimum Gasteiger partial charge on any atom is -0.354 e. The van der Waals surface area contributed by atoms with Crippen LogP contribution in [-0.2, 0) is 16.6 Å². The summed E-state index contributed by atoms with van der Waals surface area (Å²) >= 11 is 0. The Bertz CT molecular complexity index is 2590. The number of nitrogens with one attached hydrogen (secondary N) is 1. The topological polar surface area (TPSA) is 126 Å². The smallest absolute Gasteiger partial charge is 0.329 e. The predicted molar refractivity (Wildman–Crippen MR) is 206 cm³/mol. The fourth-order valence-electron chi connectivity index (χ4n) is 8.19. The summed E-state index contributed by atoms with van der Waals surface area (Å²) in [4.78, 5) is 54.1. The summed E-state index contributed by atoms with van der Waals surface area (Å²) in [6, 6.07) is 21.7. The highest BCUT2D eigenvalue weighted by Crippen LogP contribution is 2.36. The molecule has 13 nitrogen and oxygen atoms in total. The van der Waals surface area contributed by atoms with Crippen molar-refractivity contribution in [2.75, 3.05) is 49.1 Å². The maximum absolute atomic E-state index is 14.1. The number of carbonyl (C=O) groups excluding carboxylic acids is 2. The number of piperazine rings is 1. The van der Waals surface area contributed by atoms with Gasteiger partial charge in [0.15, 0.2) is 5.65 Å². The fourth-order valence-corrected chi connectivity index (χ4v) is 8.19. The number of benzene rings is 2. The van der Waals surface area contributed by atoms with Gasteiger partial charge in [0.2, 0.25) is 11.8 Å². The number of pyridine rings is 1. The van der Waals surface area contributed by atoms with E-state index in [0.717, 1.165) is 79.8 Å². The number of imide groups is 1. The van der Waals surface area contributed by atoms with Gasteiger partial charge < -0.3 is 9.80 Å². The second-order valence-electron chi connectivity index (χ2n) is 14.3. The normalized spacial score (nSPS) is 19.2. The molecule has 278 valence electrons. The Kier molecular flexibility index (Phi) is 8.86. The Balaban J connectivity index is 0.882. The number of anilines is 2. The zero-order valence-electron chi connectivity index (χ0n) is 30.4. The zero-order valence-corrected chi connectivity index (χ0v) is 30.4. The number of amides is 2. The van der Waals surface area contributed by atoms with Crippen molar-refractivity contribution in [3.05, 3.63) is 106 Å². The van der Waals surface area contributed by atoms with E-state index in [0.29, 0.717) is 23.1 Å².